The van der Waals surface area contributed by atoms with Crippen LogP contribution in [0, 0.1) is 0 Å². The first-order valence-corrected chi connectivity index (χ1v) is 10.2. The second kappa shape index (κ2) is 8.02. The van der Waals surface area contributed by atoms with E-state index in [-0.39, 0.29) is 5.91 Å². The summed E-state index contributed by atoms with van der Waals surface area (Å²) in [6.45, 7) is 0. The van der Waals surface area contributed by atoms with E-state index in [9.17, 15) is 4.79 Å². The molecule has 0 saturated carbocycles. The van der Waals surface area contributed by atoms with Gasteiger partial charge in [0.15, 0.2) is 16.6 Å². The van der Waals surface area contributed by atoms with Crippen LogP contribution in [0.4, 0.5) is 5.13 Å². The van der Waals surface area contributed by atoms with Gasteiger partial charge in [0.05, 0.1) is 25.5 Å². The Morgan fingerprint density at radius 2 is 1.89 bits per heavy atom. The van der Waals surface area contributed by atoms with E-state index in [1.165, 1.54) is 42.4 Å². The summed E-state index contributed by atoms with van der Waals surface area (Å²) in [5, 5.41) is 5.40. The summed E-state index contributed by atoms with van der Waals surface area (Å²) in [7, 11) is 3.07. The molecule has 3 aromatic rings. The van der Waals surface area contributed by atoms with Gasteiger partial charge >= 0.3 is 0 Å². The van der Waals surface area contributed by atoms with Crippen molar-refractivity contribution in [2.45, 2.75) is 25.7 Å². The number of aryl methyl sites for hydroxylation is 2. The van der Waals surface area contributed by atoms with Crippen LogP contribution < -0.4 is 14.8 Å². The number of para-hydroxylation sites is 1. The number of rotatable bonds is 5. The SMILES string of the molecule is COc1cccc(C(=O)Nc2nc(-c3ccc4c(c3)CCCC4)cs2)c1OC. The lowest BCUT2D eigenvalue weighted by atomic mass is 9.90. The summed E-state index contributed by atoms with van der Waals surface area (Å²) in [5.41, 5.74) is 5.25. The minimum atomic E-state index is -0.276. The molecule has 0 bridgehead atoms. The van der Waals surface area contributed by atoms with E-state index in [2.05, 4.69) is 28.5 Å². The fourth-order valence-corrected chi connectivity index (χ4v) is 4.30. The van der Waals surface area contributed by atoms with E-state index >= 15 is 0 Å². The van der Waals surface area contributed by atoms with Crippen LogP contribution in [0.1, 0.15) is 34.3 Å². The summed E-state index contributed by atoms with van der Waals surface area (Å²) in [6, 6.07) is 11.8. The number of carbonyl (C=O) groups is 1. The Kier molecular flexibility index (Phi) is 5.30. The van der Waals surface area contributed by atoms with Gasteiger partial charge in [0.25, 0.3) is 5.91 Å². The summed E-state index contributed by atoms with van der Waals surface area (Å²) in [6.07, 6.45) is 4.81. The van der Waals surface area contributed by atoms with Crippen LogP contribution in [0.3, 0.4) is 0 Å². The van der Waals surface area contributed by atoms with Crippen molar-refractivity contribution < 1.29 is 14.3 Å². The lowest BCUT2D eigenvalue weighted by molar-refractivity contribution is 0.102. The fraction of sp³-hybridized carbons (Fsp3) is 0.273. The Bertz CT molecular complexity index is 1010. The number of carbonyl (C=O) groups excluding carboxylic acids is 1. The Hall–Kier alpha value is -2.86. The van der Waals surface area contributed by atoms with Gasteiger partial charge in [-0.1, -0.05) is 18.2 Å². The van der Waals surface area contributed by atoms with Crippen LogP contribution >= 0.6 is 11.3 Å². The molecule has 0 aliphatic heterocycles. The summed E-state index contributed by atoms with van der Waals surface area (Å²) >= 11 is 1.41. The van der Waals surface area contributed by atoms with E-state index in [1.54, 1.807) is 25.3 Å². The van der Waals surface area contributed by atoms with Crippen LogP contribution in [-0.2, 0) is 12.8 Å². The van der Waals surface area contributed by atoms with Crippen molar-refractivity contribution in [3.63, 3.8) is 0 Å². The smallest absolute Gasteiger partial charge is 0.261 e. The Balaban J connectivity index is 1.55. The first-order valence-electron chi connectivity index (χ1n) is 9.29. The molecule has 144 valence electrons. The monoisotopic (exact) mass is 394 g/mol. The molecule has 4 rings (SSSR count). The van der Waals surface area contributed by atoms with Gasteiger partial charge in [0.1, 0.15) is 0 Å². The molecule has 0 spiro atoms. The Morgan fingerprint density at radius 1 is 1.07 bits per heavy atom. The van der Waals surface area contributed by atoms with Crippen LogP contribution in [0.5, 0.6) is 11.5 Å². The second-order valence-corrected chi connectivity index (χ2v) is 7.58. The molecule has 0 radical (unpaired) electrons. The number of hydrogen-bond acceptors (Lipinski definition) is 5. The summed E-state index contributed by atoms with van der Waals surface area (Å²) in [5.74, 6) is 0.653. The summed E-state index contributed by atoms with van der Waals surface area (Å²) in [4.78, 5) is 17.3. The van der Waals surface area contributed by atoms with E-state index in [1.807, 2.05) is 5.38 Å². The first kappa shape index (κ1) is 18.5. The predicted molar refractivity (Wildman–Crippen MR) is 112 cm³/mol. The highest BCUT2D eigenvalue weighted by atomic mass is 32.1. The van der Waals surface area contributed by atoms with Crippen molar-refractivity contribution in [2.24, 2.45) is 0 Å². The van der Waals surface area contributed by atoms with Gasteiger partial charge in [-0.05, 0) is 55.0 Å². The number of benzene rings is 2. The molecular weight excluding hydrogens is 372 g/mol. The molecular formula is C22H22N2O3S. The van der Waals surface area contributed by atoms with E-state index in [0.717, 1.165) is 24.1 Å². The van der Waals surface area contributed by atoms with Crippen LogP contribution in [0.25, 0.3) is 11.3 Å². The standard InChI is InChI=1S/C22H22N2O3S/c1-26-19-9-5-8-17(20(19)27-2)21(25)24-22-23-18(13-28-22)16-11-10-14-6-3-4-7-15(14)12-16/h5,8-13H,3-4,6-7H2,1-2H3,(H,23,24,25). The number of fused-ring (bicyclic) bond motifs is 1. The number of nitrogens with one attached hydrogen (secondary N) is 1. The Morgan fingerprint density at radius 3 is 2.68 bits per heavy atom. The van der Waals surface area contributed by atoms with Gasteiger partial charge in [-0.15, -0.1) is 11.3 Å². The molecule has 0 unspecified atom stereocenters. The molecule has 1 aromatic heterocycles. The molecule has 0 atom stereocenters. The normalized spacial score (nSPS) is 12.9. The maximum Gasteiger partial charge on any atom is 0.261 e. The third kappa shape index (κ3) is 3.60. The number of hydrogen-bond donors (Lipinski definition) is 1. The molecule has 1 amide bonds. The third-order valence-corrected chi connectivity index (χ3v) is 5.77. The van der Waals surface area contributed by atoms with Gasteiger partial charge < -0.3 is 9.47 Å². The van der Waals surface area contributed by atoms with E-state index in [4.69, 9.17) is 9.47 Å². The maximum atomic E-state index is 12.7. The zero-order valence-electron chi connectivity index (χ0n) is 16.0. The molecule has 6 heteroatoms. The number of aromatic nitrogens is 1. The molecule has 0 saturated heterocycles. The first-order chi connectivity index (χ1) is 13.7. The highest BCUT2D eigenvalue weighted by Crippen LogP contribution is 2.33. The molecule has 2 aromatic carbocycles. The molecule has 1 aliphatic rings. The average molecular weight is 394 g/mol. The Labute approximate surface area is 168 Å². The van der Waals surface area contributed by atoms with Crippen molar-refractivity contribution >= 4 is 22.4 Å². The van der Waals surface area contributed by atoms with Crippen LogP contribution in [0.15, 0.2) is 41.8 Å². The van der Waals surface area contributed by atoms with E-state index < -0.39 is 0 Å². The topological polar surface area (TPSA) is 60.5 Å². The number of anilines is 1. The van der Waals surface area contributed by atoms with Crippen molar-refractivity contribution in [1.29, 1.82) is 0 Å². The van der Waals surface area contributed by atoms with Gasteiger partial charge in [-0.2, -0.15) is 0 Å². The minimum Gasteiger partial charge on any atom is -0.493 e. The predicted octanol–water partition coefficient (Wildman–Crippen LogP) is 4.96. The third-order valence-electron chi connectivity index (χ3n) is 5.02. The molecule has 5 nitrogen and oxygen atoms in total. The lowest BCUT2D eigenvalue weighted by Gasteiger charge is -2.16. The highest BCUT2D eigenvalue weighted by molar-refractivity contribution is 7.14. The fourth-order valence-electron chi connectivity index (χ4n) is 3.59. The quantitative estimate of drug-likeness (QED) is 0.665. The number of methoxy groups -OCH3 is 2. The van der Waals surface area contributed by atoms with Crippen molar-refractivity contribution in [1.82, 2.24) is 4.98 Å². The summed E-state index contributed by atoms with van der Waals surface area (Å²) < 4.78 is 10.6. The largest absolute Gasteiger partial charge is 0.493 e. The maximum absolute atomic E-state index is 12.7. The number of nitrogens with zero attached hydrogens (tertiary/aromatic N) is 1. The van der Waals surface area contributed by atoms with Gasteiger partial charge in [0.2, 0.25) is 0 Å². The number of ether oxygens (including phenoxy) is 2. The molecule has 1 aliphatic carbocycles. The molecule has 28 heavy (non-hydrogen) atoms. The van der Waals surface area contributed by atoms with Crippen molar-refractivity contribution in [3.8, 4) is 22.8 Å². The van der Waals surface area contributed by atoms with Gasteiger partial charge in [-0.25, -0.2) is 4.98 Å². The zero-order valence-corrected chi connectivity index (χ0v) is 16.8. The number of thiazole rings is 1. The van der Waals surface area contributed by atoms with Crippen molar-refractivity contribution in [3.05, 3.63) is 58.5 Å². The zero-order chi connectivity index (χ0) is 19.5. The highest BCUT2D eigenvalue weighted by Gasteiger charge is 2.18. The average Bonchev–Trinajstić information content (AvgIpc) is 3.21. The second-order valence-electron chi connectivity index (χ2n) is 6.72. The minimum absolute atomic E-state index is 0.276. The lowest BCUT2D eigenvalue weighted by Crippen LogP contribution is -2.13. The van der Waals surface area contributed by atoms with Crippen LogP contribution in [0.2, 0.25) is 0 Å². The van der Waals surface area contributed by atoms with Gasteiger partial charge in [0, 0.05) is 10.9 Å². The number of amides is 1. The van der Waals surface area contributed by atoms with Gasteiger partial charge in [-0.3, -0.25) is 10.1 Å². The molecule has 1 heterocycles. The van der Waals surface area contributed by atoms with Crippen molar-refractivity contribution in [2.75, 3.05) is 19.5 Å². The molecule has 0 fully saturated rings. The van der Waals surface area contributed by atoms with Crippen LogP contribution in [-0.4, -0.2) is 25.1 Å². The van der Waals surface area contributed by atoms with E-state index in [0.29, 0.717) is 22.2 Å². The molecule has 1 N–H and O–H groups in total.